The van der Waals surface area contributed by atoms with Gasteiger partial charge in [-0.25, -0.2) is 4.98 Å². The van der Waals surface area contributed by atoms with Gasteiger partial charge in [-0.2, -0.15) is 4.98 Å². The van der Waals surface area contributed by atoms with E-state index in [1.54, 1.807) is 26.2 Å². The van der Waals surface area contributed by atoms with E-state index in [1.807, 2.05) is 54.4 Å². The maximum atomic E-state index is 13.1. The molecule has 4 rings (SSSR count). The normalized spacial score (nSPS) is 14.3. The summed E-state index contributed by atoms with van der Waals surface area (Å²) in [5.74, 6) is 0.910. The van der Waals surface area contributed by atoms with Gasteiger partial charge in [0.25, 0.3) is 5.91 Å². The molecular weight excluding hydrogens is 480 g/mol. The standard InChI is InChI=1S/C26H31ClN6O3/c1-18(34)17-31(2)25(35)19-13-21(16-23(14-19)33-9-11-36-12-10-33)29-26-28-8-7-24(30-26)32(3)22-6-4-5-20(27)15-22/h4-8,13-16,18,34H,9-12,17H2,1-3H3,(H,28,29,30)/t18-/m0/s1. The molecule has 1 aliphatic heterocycles. The van der Waals surface area contributed by atoms with Crippen molar-refractivity contribution in [3.63, 3.8) is 0 Å². The zero-order chi connectivity index (χ0) is 25.7. The molecule has 1 amide bonds. The van der Waals surface area contributed by atoms with Gasteiger partial charge in [-0.15, -0.1) is 0 Å². The maximum absolute atomic E-state index is 13.1. The summed E-state index contributed by atoms with van der Waals surface area (Å²) >= 11 is 6.16. The second-order valence-electron chi connectivity index (χ2n) is 8.81. The van der Waals surface area contributed by atoms with E-state index >= 15 is 0 Å². The largest absolute Gasteiger partial charge is 0.392 e. The van der Waals surface area contributed by atoms with Crippen LogP contribution in [0.4, 0.5) is 28.8 Å². The molecule has 2 aromatic carbocycles. The highest BCUT2D eigenvalue weighted by Gasteiger charge is 2.19. The smallest absolute Gasteiger partial charge is 0.253 e. The number of carbonyl (C=O) groups is 1. The molecular formula is C26H31ClN6O3. The molecule has 3 aromatic rings. The second-order valence-corrected chi connectivity index (χ2v) is 9.24. The lowest BCUT2D eigenvalue weighted by molar-refractivity contribution is 0.0704. The fraction of sp³-hybridized carbons (Fsp3) is 0.346. The SMILES string of the molecule is C[C@H](O)CN(C)C(=O)c1cc(Nc2nccc(N(C)c3cccc(Cl)c3)n2)cc(N2CCOCC2)c1. The van der Waals surface area contributed by atoms with Crippen molar-refractivity contribution in [1.82, 2.24) is 14.9 Å². The summed E-state index contributed by atoms with van der Waals surface area (Å²) in [6.07, 6.45) is 1.06. The molecule has 1 atom stereocenters. The summed E-state index contributed by atoms with van der Waals surface area (Å²) in [5.41, 5.74) is 3.01. The van der Waals surface area contributed by atoms with Gasteiger partial charge in [0, 0.05) is 67.6 Å². The predicted octanol–water partition coefficient (Wildman–Crippen LogP) is 3.93. The summed E-state index contributed by atoms with van der Waals surface area (Å²) in [5, 5.41) is 13.6. The van der Waals surface area contributed by atoms with Crippen LogP contribution in [-0.2, 0) is 4.74 Å². The monoisotopic (exact) mass is 510 g/mol. The third-order valence-electron chi connectivity index (χ3n) is 5.86. The predicted molar refractivity (Wildman–Crippen MR) is 143 cm³/mol. The number of likely N-dealkylation sites (N-methyl/N-ethyl adjacent to an activating group) is 1. The lowest BCUT2D eigenvalue weighted by Crippen LogP contribution is -2.36. The van der Waals surface area contributed by atoms with Crippen LogP contribution in [0.1, 0.15) is 17.3 Å². The van der Waals surface area contributed by atoms with Crippen LogP contribution < -0.4 is 15.1 Å². The van der Waals surface area contributed by atoms with Crippen molar-refractivity contribution in [2.75, 3.05) is 62.1 Å². The average Bonchev–Trinajstić information content (AvgIpc) is 2.88. The molecule has 190 valence electrons. The number of aliphatic hydroxyl groups is 1. The number of nitrogens with zero attached hydrogens (tertiary/aromatic N) is 5. The van der Waals surface area contributed by atoms with Crippen molar-refractivity contribution in [3.05, 3.63) is 65.3 Å². The van der Waals surface area contributed by atoms with Crippen LogP contribution in [0.15, 0.2) is 54.7 Å². The minimum absolute atomic E-state index is 0.176. The number of halogens is 1. The van der Waals surface area contributed by atoms with Crippen LogP contribution >= 0.6 is 11.6 Å². The van der Waals surface area contributed by atoms with Gasteiger partial charge in [0.15, 0.2) is 0 Å². The lowest BCUT2D eigenvalue weighted by atomic mass is 10.1. The average molecular weight is 511 g/mol. The number of carbonyl (C=O) groups excluding carboxylic acids is 1. The van der Waals surface area contributed by atoms with Crippen LogP contribution in [0, 0.1) is 0 Å². The number of anilines is 5. The zero-order valence-electron chi connectivity index (χ0n) is 20.7. The Kier molecular flexibility index (Phi) is 8.25. The Labute approximate surface area is 216 Å². The lowest BCUT2D eigenvalue weighted by Gasteiger charge is -2.30. The fourth-order valence-electron chi connectivity index (χ4n) is 4.05. The first-order valence-electron chi connectivity index (χ1n) is 11.8. The van der Waals surface area contributed by atoms with Crippen LogP contribution in [-0.4, -0.2) is 78.9 Å². The highest BCUT2D eigenvalue weighted by atomic mass is 35.5. The van der Waals surface area contributed by atoms with Crippen LogP contribution in [0.2, 0.25) is 5.02 Å². The third-order valence-corrected chi connectivity index (χ3v) is 6.10. The number of aliphatic hydroxyl groups excluding tert-OH is 1. The number of ether oxygens (including phenoxy) is 1. The highest BCUT2D eigenvalue weighted by Crippen LogP contribution is 2.28. The van der Waals surface area contributed by atoms with E-state index in [2.05, 4.69) is 20.2 Å². The number of morpholine rings is 1. The molecule has 0 spiro atoms. The molecule has 0 bridgehead atoms. The number of benzene rings is 2. The van der Waals surface area contributed by atoms with E-state index in [9.17, 15) is 9.90 Å². The highest BCUT2D eigenvalue weighted by molar-refractivity contribution is 6.30. The van der Waals surface area contributed by atoms with Crippen molar-refractivity contribution in [1.29, 1.82) is 0 Å². The van der Waals surface area contributed by atoms with Gasteiger partial charge >= 0.3 is 0 Å². The van der Waals surface area contributed by atoms with Gasteiger partial charge in [-0.3, -0.25) is 4.79 Å². The number of rotatable bonds is 8. The van der Waals surface area contributed by atoms with Crippen molar-refractivity contribution in [2.24, 2.45) is 0 Å². The van der Waals surface area contributed by atoms with Gasteiger partial charge in [-0.1, -0.05) is 17.7 Å². The molecule has 1 aromatic heterocycles. The molecule has 0 aliphatic carbocycles. The van der Waals surface area contributed by atoms with E-state index < -0.39 is 6.10 Å². The quantitative estimate of drug-likeness (QED) is 0.471. The number of hydrogen-bond donors (Lipinski definition) is 2. The van der Waals surface area contributed by atoms with Crippen molar-refractivity contribution in [2.45, 2.75) is 13.0 Å². The maximum Gasteiger partial charge on any atom is 0.253 e. The summed E-state index contributed by atoms with van der Waals surface area (Å²) in [7, 11) is 3.59. The first-order chi connectivity index (χ1) is 17.3. The van der Waals surface area contributed by atoms with E-state index in [0.717, 1.165) is 24.5 Å². The summed E-state index contributed by atoms with van der Waals surface area (Å²) in [6, 6.07) is 15.0. The van der Waals surface area contributed by atoms with Crippen LogP contribution in [0.3, 0.4) is 0 Å². The Morgan fingerprint density at radius 3 is 2.69 bits per heavy atom. The molecule has 2 N–H and O–H groups in total. The second kappa shape index (κ2) is 11.6. The summed E-state index contributed by atoms with van der Waals surface area (Å²) < 4.78 is 5.49. The van der Waals surface area contributed by atoms with Crippen LogP contribution in [0.5, 0.6) is 0 Å². The van der Waals surface area contributed by atoms with Crippen molar-refractivity contribution in [3.8, 4) is 0 Å². The number of amides is 1. The van der Waals surface area contributed by atoms with Gasteiger partial charge in [0.1, 0.15) is 5.82 Å². The number of nitrogens with one attached hydrogen (secondary N) is 1. The van der Waals surface area contributed by atoms with Gasteiger partial charge in [0.2, 0.25) is 5.95 Å². The van der Waals surface area contributed by atoms with Crippen molar-refractivity contribution >= 4 is 46.3 Å². The Morgan fingerprint density at radius 2 is 1.97 bits per heavy atom. The van der Waals surface area contributed by atoms with E-state index in [1.165, 1.54) is 4.90 Å². The van der Waals surface area contributed by atoms with Gasteiger partial charge in [-0.05, 0) is 49.4 Å². The first-order valence-corrected chi connectivity index (χ1v) is 12.2. The minimum atomic E-state index is -0.619. The Hall–Kier alpha value is -3.40. The summed E-state index contributed by atoms with van der Waals surface area (Å²) in [6.45, 7) is 4.62. The Bertz CT molecular complexity index is 1200. The molecule has 10 heteroatoms. The first kappa shape index (κ1) is 25.7. The van der Waals surface area contributed by atoms with E-state index in [4.69, 9.17) is 16.3 Å². The van der Waals surface area contributed by atoms with Gasteiger partial charge < -0.3 is 29.9 Å². The van der Waals surface area contributed by atoms with E-state index in [0.29, 0.717) is 41.3 Å². The zero-order valence-corrected chi connectivity index (χ0v) is 21.4. The molecule has 0 saturated carbocycles. The Morgan fingerprint density at radius 1 is 1.19 bits per heavy atom. The number of aromatic nitrogens is 2. The molecule has 1 fully saturated rings. The summed E-state index contributed by atoms with van der Waals surface area (Å²) in [4.78, 5) is 27.8. The fourth-order valence-corrected chi connectivity index (χ4v) is 4.24. The molecule has 9 nitrogen and oxygen atoms in total. The Balaban J connectivity index is 1.63. The molecule has 0 radical (unpaired) electrons. The molecule has 1 aliphatic rings. The van der Waals surface area contributed by atoms with E-state index in [-0.39, 0.29) is 12.5 Å². The third kappa shape index (κ3) is 6.42. The molecule has 1 saturated heterocycles. The van der Waals surface area contributed by atoms with Crippen LogP contribution in [0.25, 0.3) is 0 Å². The number of hydrogen-bond acceptors (Lipinski definition) is 8. The molecule has 0 unspecified atom stereocenters. The molecule has 36 heavy (non-hydrogen) atoms. The molecule has 2 heterocycles. The minimum Gasteiger partial charge on any atom is -0.392 e. The van der Waals surface area contributed by atoms with Gasteiger partial charge in [0.05, 0.1) is 19.3 Å². The van der Waals surface area contributed by atoms with Crippen molar-refractivity contribution < 1.29 is 14.6 Å². The topological polar surface area (TPSA) is 94.1 Å².